The molecule has 0 heterocycles. The molecule has 63 heavy (non-hydrogen) atoms. The van der Waals surface area contributed by atoms with Crippen molar-refractivity contribution in [3.05, 3.63) is 0 Å². The van der Waals surface area contributed by atoms with E-state index in [1.54, 1.807) is 0 Å². The lowest BCUT2D eigenvalue weighted by atomic mass is 9.46. The van der Waals surface area contributed by atoms with E-state index in [0.717, 1.165) is 70.6 Å². The van der Waals surface area contributed by atoms with E-state index in [1.807, 2.05) is 6.92 Å². The quantitative estimate of drug-likeness (QED) is 0.0231. The maximum Gasteiger partial charge on any atom is 0.278 e. The predicted octanol–water partition coefficient (Wildman–Crippen LogP) is 5.74. The second kappa shape index (κ2) is 27.1. The van der Waals surface area contributed by atoms with Crippen molar-refractivity contribution in [1.82, 2.24) is 21.3 Å². The van der Waals surface area contributed by atoms with Gasteiger partial charge >= 0.3 is 0 Å². The number of fused-ring (bicyclic) bond motifs is 3. The van der Waals surface area contributed by atoms with Gasteiger partial charge in [-0.05, 0) is 125 Å². The molecule has 3 fully saturated rings. The minimum absolute atomic E-state index is 0.00807. The molecule has 0 aromatic carbocycles. The summed E-state index contributed by atoms with van der Waals surface area (Å²) in [6.45, 7) is 13.5. The van der Waals surface area contributed by atoms with Gasteiger partial charge in [-0.3, -0.25) is 23.8 Å². The maximum atomic E-state index is 13.1. The van der Waals surface area contributed by atoms with E-state index in [4.69, 9.17) is 23.3 Å². The van der Waals surface area contributed by atoms with Gasteiger partial charge in [0.1, 0.15) is 17.6 Å². The monoisotopic (exact) mass is 961 g/mol. The van der Waals surface area contributed by atoms with Crippen molar-refractivity contribution in [2.24, 2.45) is 40.4 Å². The number of ether oxygens (including phenoxy) is 3. The van der Waals surface area contributed by atoms with E-state index in [-0.39, 0.29) is 71.4 Å². The fourth-order valence-corrected chi connectivity index (χ4v) is 12.5. The summed E-state index contributed by atoms with van der Waals surface area (Å²) in [5, 5.41) is 11.4. The molecular formula is C43H84N4O13S3. The summed E-state index contributed by atoms with van der Waals surface area (Å²) in [6, 6.07) is 0. The van der Waals surface area contributed by atoms with Crippen LogP contribution in [-0.4, -0.2) is 120 Å². The first-order valence-corrected chi connectivity index (χ1v) is 28.5. The van der Waals surface area contributed by atoms with Gasteiger partial charge in [0.2, 0.25) is 5.91 Å². The molecule has 1 amide bonds. The summed E-state index contributed by atoms with van der Waals surface area (Å²) in [5.41, 5.74) is -0.361. The Kier molecular flexibility index (Phi) is 24.2. The lowest BCUT2D eigenvalue weighted by molar-refractivity contribution is -0.205. The molecule has 0 spiro atoms. The highest BCUT2D eigenvalue weighted by atomic mass is 32.2. The van der Waals surface area contributed by atoms with Crippen LogP contribution in [0.25, 0.3) is 0 Å². The fourth-order valence-electron chi connectivity index (χ4n) is 11.3. The number of nitrogens with one attached hydrogen (secondary N) is 4. The number of amides is 1. The van der Waals surface area contributed by atoms with Crippen LogP contribution in [-0.2, 0) is 49.4 Å². The zero-order valence-electron chi connectivity index (χ0n) is 38.9. The van der Waals surface area contributed by atoms with Crippen LogP contribution in [0.4, 0.5) is 0 Å². The van der Waals surface area contributed by atoms with E-state index in [0.29, 0.717) is 52.1 Å². The van der Waals surface area contributed by atoms with Crippen molar-refractivity contribution in [2.45, 2.75) is 169 Å². The van der Waals surface area contributed by atoms with E-state index >= 15 is 0 Å². The first-order chi connectivity index (χ1) is 29.6. The second-order valence-corrected chi connectivity index (χ2v) is 23.5. The molecule has 0 aromatic rings. The number of rotatable bonds is 34. The van der Waals surface area contributed by atoms with Crippen molar-refractivity contribution in [1.29, 1.82) is 0 Å². The zero-order valence-corrected chi connectivity index (χ0v) is 41.3. The number of hydrogen-bond acceptors (Lipinski definition) is 13. The van der Waals surface area contributed by atoms with E-state index < -0.39 is 48.0 Å². The SMILES string of the molecule is CCCCCCCCNC(=O)CC[C@@H](C)[C@H]1CC[C@H]2C3C(OCCCNCS(=O)(=O)O)CC[C@](C)(CC[C@H](CC)OCNCS(=O)(=O)O)[C@H]3C[C@H](OCCCNCS(=O)(=O)O)[C@]12C. The summed E-state index contributed by atoms with van der Waals surface area (Å²) in [6.07, 6.45) is 15.9. The normalized spacial score (nSPS) is 28.6. The van der Waals surface area contributed by atoms with Gasteiger partial charge in [0.05, 0.1) is 25.0 Å². The minimum Gasteiger partial charge on any atom is -0.378 e. The van der Waals surface area contributed by atoms with Gasteiger partial charge in [-0.15, -0.1) is 0 Å². The molecule has 7 N–H and O–H groups in total. The molecule has 17 nitrogen and oxygen atoms in total. The molecular weight excluding hydrogens is 877 g/mol. The van der Waals surface area contributed by atoms with Gasteiger partial charge < -0.3 is 30.2 Å². The second-order valence-electron chi connectivity index (χ2n) is 19.2. The molecule has 3 aliphatic carbocycles. The molecule has 0 aromatic heterocycles. The van der Waals surface area contributed by atoms with E-state index in [9.17, 15) is 34.6 Å². The van der Waals surface area contributed by atoms with E-state index in [1.165, 1.54) is 25.7 Å². The molecule has 0 saturated heterocycles. The third-order valence-corrected chi connectivity index (χ3v) is 16.3. The maximum absolute atomic E-state index is 13.1. The summed E-state index contributed by atoms with van der Waals surface area (Å²) in [7, 11) is -12.4. The average molecular weight is 961 g/mol. The smallest absolute Gasteiger partial charge is 0.278 e. The van der Waals surface area contributed by atoms with Gasteiger partial charge in [0.15, 0.2) is 0 Å². The third kappa shape index (κ3) is 19.6. The predicted molar refractivity (Wildman–Crippen MR) is 244 cm³/mol. The number of unbranched alkanes of at least 4 members (excludes halogenated alkanes) is 5. The Bertz CT molecular complexity index is 1670. The van der Waals surface area contributed by atoms with Crippen LogP contribution in [0.5, 0.6) is 0 Å². The topological polar surface area (TPSA) is 256 Å². The molecule has 2 unspecified atom stereocenters. The number of carbonyl (C=O) groups is 1. The largest absolute Gasteiger partial charge is 0.378 e. The molecule has 0 radical (unpaired) electrons. The van der Waals surface area contributed by atoms with Crippen molar-refractivity contribution >= 4 is 36.3 Å². The van der Waals surface area contributed by atoms with Crippen LogP contribution in [0.15, 0.2) is 0 Å². The molecule has 3 rings (SSSR count). The van der Waals surface area contributed by atoms with Crippen LogP contribution in [0.3, 0.4) is 0 Å². The Balaban J connectivity index is 1.84. The van der Waals surface area contributed by atoms with Crippen molar-refractivity contribution in [2.75, 3.05) is 57.2 Å². The number of carbonyl (C=O) groups excluding carboxylic acids is 1. The molecule has 0 bridgehead atoms. The molecule has 3 saturated carbocycles. The van der Waals surface area contributed by atoms with Crippen LogP contribution in [0, 0.1) is 40.4 Å². The highest BCUT2D eigenvalue weighted by Crippen LogP contribution is 2.67. The average Bonchev–Trinajstić information content (AvgIpc) is 3.56. The summed E-state index contributed by atoms with van der Waals surface area (Å²) in [5.74, 6) is -0.347. The summed E-state index contributed by atoms with van der Waals surface area (Å²) in [4.78, 5) is 13.1. The highest BCUT2D eigenvalue weighted by molar-refractivity contribution is 7.86. The van der Waals surface area contributed by atoms with Crippen LogP contribution in [0.1, 0.15) is 150 Å². The molecule has 372 valence electrons. The Morgan fingerprint density at radius 2 is 1.33 bits per heavy atom. The van der Waals surface area contributed by atoms with Crippen molar-refractivity contribution < 1.29 is 57.9 Å². The lowest BCUT2D eigenvalue weighted by Gasteiger charge is -2.61. The van der Waals surface area contributed by atoms with Crippen LogP contribution < -0.4 is 21.3 Å². The minimum atomic E-state index is -4.17. The summed E-state index contributed by atoms with van der Waals surface area (Å²) >= 11 is 0. The molecule has 0 aliphatic heterocycles. The molecule has 10 atom stereocenters. The van der Waals surface area contributed by atoms with Crippen molar-refractivity contribution in [3.8, 4) is 0 Å². The first-order valence-electron chi connectivity index (χ1n) is 23.7. The Hall–Kier alpha value is -1.04. The van der Waals surface area contributed by atoms with Gasteiger partial charge in [-0.25, -0.2) is 0 Å². The Labute approximate surface area is 380 Å². The third-order valence-electron chi connectivity index (χ3n) is 14.6. The fraction of sp³-hybridized carbons (Fsp3) is 0.977. The van der Waals surface area contributed by atoms with E-state index in [2.05, 4.69) is 49.0 Å². The molecule has 20 heteroatoms. The van der Waals surface area contributed by atoms with Gasteiger partial charge in [0.25, 0.3) is 30.4 Å². The van der Waals surface area contributed by atoms with Gasteiger partial charge in [-0.1, -0.05) is 66.7 Å². The lowest BCUT2D eigenvalue weighted by Crippen LogP contribution is -2.60. The highest BCUT2D eigenvalue weighted by Gasteiger charge is 2.64. The standard InChI is InChI=1S/C43H84N4O13S3/c1-6-8-9-10-11-12-25-47-40(48)18-15-33(3)35-16-17-36-41-37(28-39(43(35,36)5)59-27-14-24-45-31-62(52,53)54)42(4,21-19-34(7-2)60-29-46-32-63(55,56)57)22-20-38(41)58-26-13-23-44-30-61(49,50)51/h33-39,41,44-46H,6-32H2,1-5H3,(H,47,48)(H,49,50,51)(H,52,53,54)(H,55,56,57)/t33-,34+,35-,36+,37+,38?,39+,41?,42+,43-/m1/s1. The summed E-state index contributed by atoms with van der Waals surface area (Å²) < 4.78 is 115. The molecule has 3 aliphatic rings. The number of hydrogen-bond donors (Lipinski definition) is 7. The van der Waals surface area contributed by atoms with Crippen LogP contribution >= 0.6 is 0 Å². The Morgan fingerprint density at radius 3 is 1.95 bits per heavy atom. The Morgan fingerprint density at radius 1 is 0.730 bits per heavy atom. The van der Waals surface area contributed by atoms with Gasteiger partial charge in [0, 0.05) is 31.6 Å². The van der Waals surface area contributed by atoms with Crippen molar-refractivity contribution in [3.63, 3.8) is 0 Å². The van der Waals surface area contributed by atoms with Gasteiger partial charge in [-0.2, -0.15) is 25.3 Å². The first kappa shape index (κ1) is 56.3. The zero-order chi connectivity index (χ0) is 46.7. The van der Waals surface area contributed by atoms with Crippen LogP contribution in [0.2, 0.25) is 0 Å².